The molecule has 20 heavy (non-hydrogen) atoms. The molecule has 2 N–H and O–H groups in total. The zero-order valence-corrected chi connectivity index (χ0v) is 13.4. The summed E-state index contributed by atoms with van der Waals surface area (Å²) in [4.78, 5) is 0. The van der Waals surface area contributed by atoms with Gasteiger partial charge in [-0.05, 0) is 42.2 Å². The van der Waals surface area contributed by atoms with Crippen molar-refractivity contribution < 1.29 is 0 Å². The van der Waals surface area contributed by atoms with Gasteiger partial charge in [-0.2, -0.15) is 0 Å². The van der Waals surface area contributed by atoms with Crippen LogP contribution in [0, 0.1) is 0 Å². The highest BCUT2D eigenvalue weighted by atomic mass is 79.9. The lowest BCUT2D eigenvalue weighted by atomic mass is 9.99. The van der Waals surface area contributed by atoms with E-state index in [9.17, 15) is 0 Å². The average molecular weight is 352 g/mol. The molecule has 3 rings (SSSR count). The third kappa shape index (κ3) is 2.94. The van der Waals surface area contributed by atoms with Gasteiger partial charge < -0.3 is 10.6 Å². The number of halogens is 2. The summed E-state index contributed by atoms with van der Waals surface area (Å²) in [5.41, 5.74) is 4.96. The first kappa shape index (κ1) is 13.8. The van der Waals surface area contributed by atoms with Gasteiger partial charge in [0.15, 0.2) is 0 Å². The number of nitrogens with one attached hydrogen (secondary N) is 2. The number of anilines is 2. The predicted molar refractivity (Wildman–Crippen MR) is 89.7 cm³/mol. The van der Waals surface area contributed by atoms with Crippen LogP contribution in [0.5, 0.6) is 0 Å². The fraction of sp³-hybridized carbons (Fsp3) is 0.250. The van der Waals surface area contributed by atoms with Crippen LogP contribution in [0.1, 0.15) is 17.5 Å². The van der Waals surface area contributed by atoms with Crippen molar-refractivity contribution in [3.8, 4) is 0 Å². The Morgan fingerprint density at radius 1 is 1.25 bits per heavy atom. The van der Waals surface area contributed by atoms with E-state index < -0.39 is 0 Å². The first-order valence-corrected chi connectivity index (χ1v) is 7.95. The zero-order chi connectivity index (χ0) is 13.9. The van der Waals surface area contributed by atoms with Gasteiger partial charge in [0, 0.05) is 23.2 Å². The SMILES string of the molecule is Clc1cc(Br)ccc1NCc1cccc2c1NCCC2. The Morgan fingerprint density at radius 3 is 3.00 bits per heavy atom. The number of hydrogen-bond acceptors (Lipinski definition) is 2. The van der Waals surface area contributed by atoms with Gasteiger partial charge in [-0.25, -0.2) is 0 Å². The van der Waals surface area contributed by atoms with Crippen molar-refractivity contribution in [2.24, 2.45) is 0 Å². The lowest BCUT2D eigenvalue weighted by molar-refractivity contribution is 0.825. The van der Waals surface area contributed by atoms with Gasteiger partial charge in [0.05, 0.1) is 10.7 Å². The van der Waals surface area contributed by atoms with Crippen molar-refractivity contribution in [2.75, 3.05) is 17.2 Å². The van der Waals surface area contributed by atoms with E-state index in [1.54, 1.807) is 0 Å². The van der Waals surface area contributed by atoms with Gasteiger partial charge in [-0.1, -0.05) is 45.7 Å². The summed E-state index contributed by atoms with van der Waals surface area (Å²) < 4.78 is 0.992. The number of rotatable bonds is 3. The Balaban J connectivity index is 1.78. The average Bonchev–Trinajstić information content (AvgIpc) is 2.46. The molecule has 2 aromatic rings. The van der Waals surface area contributed by atoms with Gasteiger partial charge in [-0.15, -0.1) is 0 Å². The van der Waals surface area contributed by atoms with E-state index in [2.05, 4.69) is 44.8 Å². The van der Waals surface area contributed by atoms with Crippen LogP contribution in [0.15, 0.2) is 40.9 Å². The van der Waals surface area contributed by atoms with E-state index >= 15 is 0 Å². The number of hydrogen-bond donors (Lipinski definition) is 2. The zero-order valence-electron chi connectivity index (χ0n) is 11.0. The van der Waals surface area contributed by atoms with Gasteiger partial charge in [0.2, 0.25) is 0 Å². The standard InChI is InChI=1S/C16H16BrClN2/c17-13-6-7-15(14(18)9-13)20-10-12-4-1-3-11-5-2-8-19-16(11)12/h1,3-4,6-7,9,19-20H,2,5,8,10H2. The number of aryl methyl sites for hydroxylation is 1. The Kier molecular flexibility index (Phi) is 4.18. The highest BCUT2D eigenvalue weighted by Gasteiger charge is 2.12. The molecule has 0 aromatic heterocycles. The molecule has 0 unspecified atom stereocenters. The summed E-state index contributed by atoms with van der Waals surface area (Å²) in [7, 11) is 0. The van der Waals surface area contributed by atoms with Crippen LogP contribution in [0.2, 0.25) is 5.02 Å². The summed E-state index contributed by atoms with van der Waals surface area (Å²) in [5, 5.41) is 7.66. The topological polar surface area (TPSA) is 24.1 Å². The Bertz CT molecular complexity index is 628. The van der Waals surface area contributed by atoms with Crippen LogP contribution in [-0.2, 0) is 13.0 Å². The summed E-state index contributed by atoms with van der Waals surface area (Å²) in [6.45, 7) is 1.83. The van der Waals surface area contributed by atoms with E-state index in [4.69, 9.17) is 11.6 Å². The van der Waals surface area contributed by atoms with Crippen molar-refractivity contribution in [3.05, 3.63) is 57.0 Å². The lowest BCUT2D eigenvalue weighted by Gasteiger charge is -2.21. The molecule has 0 aliphatic carbocycles. The summed E-state index contributed by atoms with van der Waals surface area (Å²) in [6, 6.07) is 12.4. The summed E-state index contributed by atoms with van der Waals surface area (Å²) in [5.74, 6) is 0. The largest absolute Gasteiger partial charge is 0.385 e. The van der Waals surface area contributed by atoms with E-state index in [-0.39, 0.29) is 0 Å². The first-order valence-electron chi connectivity index (χ1n) is 6.77. The molecule has 0 fully saturated rings. The second kappa shape index (κ2) is 6.06. The first-order chi connectivity index (χ1) is 9.74. The summed E-state index contributed by atoms with van der Waals surface area (Å²) in [6.07, 6.45) is 2.37. The van der Waals surface area contributed by atoms with Gasteiger partial charge in [0.1, 0.15) is 0 Å². The molecule has 1 aliphatic rings. The van der Waals surface area contributed by atoms with E-state index in [1.807, 2.05) is 18.2 Å². The van der Waals surface area contributed by atoms with Gasteiger partial charge >= 0.3 is 0 Å². The fourth-order valence-electron chi connectivity index (χ4n) is 2.55. The molecular formula is C16H16BrClN2. The Hall–Kier alpha value is -1.19. The quantitative estimate of drug-likeness (QED) is 0.806. The summed E-state index contributed by atoms with van der Waals surface area (Å²) >= 11 is 9.65. The highest BCUT2D eigenvalue weighted by Crippen LogP contribution is 2.29. The fourth-order valence-corrected chi connectivity index (χ4v) is 3.29. The van der Waals surface area contributed by atoms with Crippen molar-refractivity contribution >= 4 is 38.9 Å². The van der Waals surface area contributed by atoms with Crippen LogP contribution >= 0.6 is 27.5 Å². The normalized spacial score (nSPS) is 13.5. The number of para-hydroxylation sites is 1. The van der Waals surface area contributed by atoms with Crippen LogP contribution in [-0.4, -0.2) is 6.54 Å². The molecule has 0 saturated heterocycles. The molecule has 0 atom stereocenters. The van der Waals surface area contributed by atoms with Crippen LogP contribution in [0.3, 0.4) is 0 Å². The second-order valence-electron chi connectivity index (χ2n) is 4.96. The third-order valence-corrected chi connectivity index (χ3v) is 4.37. The van der Waals surface area contributed by atoms with Crippen molar-refractivity contribution in [1.29, 1.82) is 0 Å². The molecule has 0 bridgehead atoms. The monoisotopic (exact) mass is 350 g/mol. The Labute approximate surface area is 132 Å². The molecule has 0 spiro atoms. The maximum absolute atomic E-state index is 6.23. The third-order valence-electron chi connectivity index (χ3n) is 3.56. The molecular weight excluding hydrogens is 336 g/mol. The molecule has 0 amide bonds. The van der Waals surface area contributed by atoms with E-state index in [0.717, 1.165) is 34.7 Å². The smallest absolute Gasteiger partial charge is 0.0648 e. The van der Waals surface area contributed by atoms with Crippen molar-refractivity contribution in [1.82, 2.24) is 0 Å². The highest BCUT2D eigenvalue weighted by molar-refractivity contribution is 9.10. The molecule has 0 radical (unpaired) electrons. The Morgan fingerprint density at radius 2 is 2.15 bits per heavy atom. The predicted octanol–water partition coefficient (Wildman–Crippen LogP) is 5.07. The molecule has 4 heteroatoms. The molecule has 1 aliphatic heterocycles. The minimum Gasteiger partial charge on any atom is -0.385 e. The van der Waals surface area contributed by atoms with Crippen LogP contribution < -0.4 is 10.6 Å². The molecule has 2 nitrogen and oxygen atoms in total. The number of benzene rings is 2. The minimum atomic E-state index is 0.733. The molecule has 2 aromatic carbocycles. The van der Waals surface area contributed by atoms with Crippen LogP contribution in [0.4, 0.5) is 11.4 Å². The molecule has 0 saturated carbocycles. The van der Waals surface area contributed by atoms with Crippen LogP contribution in [0.25, 0.3) is 0 Å². The maximum Gasteiger partial charge on any atom is 0.0648 e. The lowest BCUT2D eigenvalue weighted by Crippen LogP contribution is -2.15. The van der Waals surface area contributed by atoms with Crippen molar-refractivity contribution in [3.63, 3.8) is 0 Å². The van der Waals surface area contributed by atoms with Crippen molar-refractivity contribution in [2.45, 2.75) is 19.4 Å². The van der Waals surface area contributed by atoms with Gasteiger partial charge in [0.25, 0.3) is 0 Å². The molecule has 1 heterocycles. The van der Waals surface area contributed by atoms with Gasteiger partial charge in [-0.3, -0.25) is 0 Å². The van der Waals surface area contributed by atoms with E-state index in [0.29, 0.717) is 0 Å². The minimum absolute atomic E-state index is 0.733. The second-order valence-corrected chi connectivity index (χ2v) is 6.28. The number of fused-ring (bicyclic) bond motifs is 1. The van der Waals surface area contributed by atoms with E-state index in [1.165, 1.54) is 23.2 Å². The maximum atomic E-state index is 6.23. The molecule has 104 valence electrons.